The van der Waals surface area contributed by atoms with E-state index in [1.807, 2.05) is 0 Å². The molecular weight excluding hydrogens is 325 g/mol. The Morgan fingerprint density at radius 3 is 2.60 bits per heavy atom. The summed E-state index contributed by atoms with van der Waals surface area (Å²) in [5, 5.41) is 12.0. The zero-order chi connectivity index (χ0) is 17.1. The van der Waals surface area contributed by atoms with Gasteiger partial charge in [0.2, 0.25) is 11.6 Å². The van der Waals surface area contributed by atoms with Gasteiger partial charge in [-0.05, 0) is 23.4 Å². The first-order valence-electron chi connectivity index (χ1n) is 7.24. The van der Waals surface area contributed by atoms with E-state index in [2.05, 4.69) is 30.4 Å². The van der Waals surface area contributed by atoms with Gasteiger partial charge in [0.1, 0.15) is 17.3 Å². The van der Waals surface area contributed by atoms with Gasteiger partial charge < -0.3 is 4.74 Å². The third kappa shape index (κ3) is 3.29. The van der Waals surface area contributed by atoms with Crippen LogP contribution in [0.5, 0.6) is 11.5 Å². The first-order valence-corrected chi connectivity index (χ1v) is 7.24. The lowest BCUT2D eigenvalue weighted by Gasteiger charge is -2.07. The third-order valence-electron chi connectivity index (χ3n) is 3.14. The van der Waals surface area contributed by atoms with E-state index in [9.17, 15) is 4.39 Å². The number of pyridine rings is 1. The number of benzene rings is 1. The number of ether oxygens (including phenoxy) is 1. The molecule has 0 bridgehead atoms. The number of rotatable bonds is 4. The van der Waals surface area contributed by atoms with Gasteiger partial charge in [0.25, 0.3) is 0 Å². The van der Waals surface area contributed by atoms with Crippen molar-refractivity contribution in [1.29, 1.82) is 0 Å². The van der Waals surface area contributed by atoms with Crippen molar-refractivity contribution in [3.8, 4) is 28.8 Å². The molecule has 0 saturated carbocycles. The molecule has 8 nitrogen and oxygen atoms in total. The van der Waals surface area contributed by atoms with E-state index in [4.69, 9.17) is 4.74 Å². The quantitative estimate of drug-likeness (QED) is 0.565. The van der Waals surface area contributed by atoms with E-state index in [1.54, 1.807) is 42.9 Å². The van der Waals surface area contributed by atoms with Gasteiger partial charge in [0.05, 0.1) is 11.9 Å². The average Bonchev–Trinajstić information content (AvgIpc) is 3.13. The SMILES string of the molecule is Fc1cc(Oc2cccnc2)cc(-n2nnc(-c3ncccn3)n2)c1. The minimum absolute atomic E-state index is 0.236. The van der Waals surface area contributed by atoms with Gasteiger partial charge in [-0.25, -0.2) is 14.4 Å². The molecular formula is C16H10FN7O. The summed E-state index contributed by atoms with van der Waals surface area (Å²) >= 11 is 0. The zero-order valence-electron chi connectivity index (χ0n) is 12.7. The molecule has 122 valence electrons. The van der Waals surface area contributed by atoms with Crippen molar-refractivity contribution in [3.63, 3.8) is 0 Å². The first kappa shape index (κ1) is 14.8. The van der Waals surface area contributed by atoms with Crippen LogP contribution in [0, 0.1) is 5.82 Å². The Morgan fingerprint density at radius 2 is 1.80 bits per heavy atom. The standard InChI is InChI=1S/C16H10FN7O/c17-11-7-12(9-14(8-11)25-13-3-1-4-18-10-13)24-22-16(21-23-24)15-19-5-2-6-20-15/h1-10H. The molecule has 0 atom stereocenters. The Bertz CT molecular complexity index is 992. The molecule has 0 unspecified atom stereocenters. The maximum absolute atomic E-state index is 13.9. The fourth-order valence-electron chi connectivity index (χ4n) is 2.09. The van der Waals surface area contributed by atoms with Crippen molar-refractivity contribution < 1.29 is 9.13 Å². The highest BCUT2D eigenvalue weighted by atomic mass is 19.1. The second-order valence-electron chi connectivity index (χ2n) is 4.91. The number of hydrogen-bond acceptors (Lipinski definition) is 7. The van der Waals surface area contributed by atoms with Crippen LogP contribution in [-0.4, -0.2) is 35.2 Å². The van der Waals surface area contributed by atoms with E-state index in [-0.39, 0.29) is 11.6 Å². The molecule has 0 aliphatic carbocycles. The summed E-state index contributed by atoms with van der Waals surface area (Å²) in [4.78, 5) is 13.2. The average molecular weight is 335 g/mol. The van der Waals surface area contributed by atoms with Crippen molar-refractivity contribution in [3.05, 3.63) is 67.0 Å². The molecule has 0 aliphatic rings. The fourth-order valence-corrected chi connectivity index (χ4v) is 2.09. The molecule has 0 aliphatic heterocycles. The Labute approximate surface area is 141 Å². The summed E-state index contributed by atoms with van der Waals surface area (Å²) in [6, 6.07) is 9.24. The first-order chi connectivity index (χ1) is 12.3. The maximum Gasteiger partial charge on any atom is 0.242 e. The number of nitrogens with zero attached hydrogens (tertiary/aromatic N) is 7. The van der Waals surface area contributed by atoms with Crippen molar-refractivity contribution in [1.82, 2.24) is 35.2 Å². The Balaban J connectivity index is 1.66. The molecule has 0 radical (unpaired) electrons. The summed E-state index contributed by atoms with van der Waals surface area (Å²) in [5.41, 5.74) is 0.355. The van der Waals surface area contributed by atoms with Crippen LogP contribution >= 0.6 is 0 Å². The monoisotopic (exact) mass is 335 g/mol. The Kier molecular flexibility index (Phi) is 3.79. The van der Waals surface area contributed by atoms with Gasteiger partial charge in [-0.2, -0.15) is 0 Å². The molecule has 4 aromatic rings. The number of halogens is 1. The molecule has 4 rings (SSSR count). The molecule has 0 fully saturated rings. The van der Waals surface area contributed by atoms with Gasteiger partial charge in [-0.1, -0.05) is 0 Å². The third-order valence-corrected chi connectivity index (χ3v) is 3.14. The summed E-state index contributed by atoms with van der Waals surface area (Å²) in [5.74, 6) is 0.851. The smallest absolute Gasteiger partial charge is 0.242 e. The summed E-state index contributed by atoms with van der Waals surface area (Å²) in [7, 11) is 0. The largest absolute Gasteiger partial charge is 0.456 e. The van der Waals surface area contributed by atoms with Crippen LogP contribution in [0.1, 0.15) is 0 Å². The normalized spacial score (nSPS) is 10.6. The summed E-state index contributed by atoms with van der Waals surface area (Å²) < 4.78 is 19.5. The minimum Gasteiger partial charge on any atom is -0.456 e. The highest BCUT2D eigenvalue weighted by molar-refractivity contribution is 5.43. The van der Waals surface area contributed by atoms with Crippen LogP contribution < -0.4 is 4.74 Å². The van der Waals surface area contributed by atoms with Crippen LogP contribution in [-0.2, 0) is 0 Å². The van der Waals surface area contributed by atoms with Crippen molar-refractivity contribution >= 4 is 0 Å². The van der Waals surface area contributed by atoms with E-state index in [0.29, 0.717) is 17.3 Å². The van der Waals surface area contributed by atoms with Crippen molar-refractivity contribution in [2.75, 3.05) is 0 Å². The van der Waals surface area contributed by atoms with Crippen LogP contribution in [0.15, 0.2) is 61.2 Å². The minimum atomic E-state index is -0.494. The Morgan fingerprint density at radius 1 is 0.920 bits per heavy atom. The van der Waals surface area contributed by atoms with Gasteiger partial charge in [-0.15, -0.1) is 15.0 Å². The fraction of sp³-hybridized carbons (Fsp3) is 0. The van der Waals surface area contributed by atoms with E-state index in [0.717, 1.165) is 0 Å². The lowest BCUT2D eigenvalue weighted by Crippen LogP contribution is -2.01. The molecule has 0 amide bonds. The number of aromatic nitrogens is 7. The molecule has 3 aromatic heterocycles. The van der Waals surface area contributed by atoms with Crippen LogP contribution in [0.3, 0.4) is 0 Å². The lowest BCUT2D eigenvalue weighted by molar-refractivity contribution is 0.473. The zero-order valence-corrected chi connectivity index (χ0v) is 12.7. The van der Waals surface area contributed by atoms with Gasteiger partial charge >= 0.3 is 0 Å². The number of tetrazole rings is 1. The van der Waals surface area contributed by atoms with Crippen LogP contribution in [0.25, 0.3) is 17.3 Å². The molecule has 1 aromatic carbocycles. The molecule has 0 saturated heterocycles. The van der Waals surface area contributed by atoms with Gasteiger partial charge in [-0.3, -0.25) is 4.98 Å². The molecule has 0 N–H and O–H groups in total. The van der Waals surface area contributed by atoms with Gasteiger partial charge in [0.15, 0.2) is 0 Å². The second-order valence-corrected chi connectivity index (χ2v) is 4.91. The molecule has 25 heavy (non-hydrogen) atoms. The highest BCUT2D eigenvalue weighted by Crippen LogP contribution is 2.24. The molecule has 0 spiro atoms. The summed E-state index contributed by atoms with van der Waals surface area (Å²) in [6.45, 7) is 0. The summed E-state index contributed by atoms with van der Waals surface area (Å²) in [6.07, 6.45) is 6.30. The van der Waals surface area contributed by atoms with E-state index in [1.165, 1.54) is 23.1 Å². The molecule has 9 heteroatoms. The lowest BCUT2D eigenvalue weighted by atomic mass is 10.3. The van der Waals surface area contributed by atoms with E-state index >= 15 is 0 Å². The second kappa shape index (κ2) is 6.40. The van der Waals surface area contributed by atoms with Crippen molar-refractivity contribution in [2.24, 2.45) is 0 Å². The topological polar surface area (TPSA) is 91.5 Å². The van der Waals surface area contributed by atoms with Crippen LogP contribution in [0.2, 0.25) is 0 Å². The molecule has 3 heterocycles. The highest BCUT2D eigenvalue weighted by Gasteiger charge is 2.11. The van der Waals surface area contributed by atoms with E-state index < -0.39 is 5.82 Å². The number of hydrogen-bond donors (Lipinski definition) is 0. The van der Waals surface area contributed by atoms with Crippen molar-refractivity contribution in [2.45, 2.75) is 0 Å². The Hall–Kier alpha value is -3.75. The predicted molar refractivity (Wildman–Crippen MR) is 84.4 cm³/mol. The predicted octanol–water partition coefficient (Wildman–Crippen LogP) is 2.45. The maximum atomic E-state index is 13.9. The van der Waals surface area contributed by atoms with Crippen LogP contribution in [0.4, 0.5) is 4.39 Å². The van der Waals surface area contributed by atoms with Gasteiger partial charge in [0, 0.05) is 36.8 Å².